The van der Waals surface area contributed by atoms with Crippen LogP contribution in [-0.4, -0.2) is 57.1 Å². The summed E-state index contributed by atoms with van der Waals surface area (Å²) in [6, 6.07) is 6.20. The molecular formula is C19H22ClN7O4. The van der Waals surface area contributed by atoms with Crippen molar-refractivity contribution in [1.82, 2.24) is 36.0 Å². The highest BCUT2D eigenvalue weighted by molar-refractivity contribution is 6.33. The van der Waals surface area contributed by atoms with Gasteiger partial charge >= 0.3 is 5.91 Å². The van der Waals surface area contributed by atoms with E-state index in [9.17, 15) is 9.59 Å². The summed E-state index contributed by atoms with van der Waals surface area (Å²) in [4.78, 5) is 27.1. The van der Waals surface area contributed by atoms with Gasteiger partial charge in [0.05, 0.1) is 29.9 Å². The van der Waals surface area contributed by atoms with Gasteiger partial charge in [0, 0.05) is 6.07 Å². The van der Waals surface area contributed by atoms with Gasteiger partial charge in [-0.15, -0.1) is 5.10 Å². The molecule has 11 nitrogen and oxygen atoms in total. The second-order valence-electron chi connectivity index (χ2n) is 6.39. The molecule has 12 heteroatoms. The zero-order valence-corrected chi connectivity index (χ0v) is 18.0. The number of benzene rings is 1. The molecule has 1 aromatic carbocycles. The van der Waals surface area contributed by atoms with E-state index >= 15 is 0 Å². The molecule has 0 radical (unpaired) electrons. The van der Waals surface area contributed by atoms with E-state index in [1.165, 1.54) is 30.3 Å². The van der Waals surface area contributed by atoms with Gasteiger partial charge in [-0.05, 0) is 41.7 Å². The predicted molar refractivity (Wildman–Crippen MR) is 111 cm³/mol. The highest BCUT2D eigenvalue weighted by atomic mass is 35.5. The van der Waals surface area contributed by atoms with Crippen molar-refractivity contribution < 1.29 is 18.7 Å². The maximum atomic E-state index is 12.6. The van der Waals surface area contributed by atoms with Crippen molar-refractivity contribution in [2.24, 2.45) is 0 Å². The molecule has 0 spiro atoms. The van der Waals surface area contributed by atoms with E-state index in [0.29, 0.717) is 18.0 Å². The first-order chi connectivity index (χ1) is 15.0. The van der Waals surface area contributed by atoms with Crippen LogP contribution >= 0.6 is 11.6 Å². The normalized spacial score (nSPS) is 10.9. The van der Waals surface area contributed by atoms with Crippen LogP contribution in [0.1, 0.15) is 40.5 Å². The number of tetrazole rings is 1. The summed E-state index contributed by atoms with van der Waals surface area (Å²) in [5, 5.41) is 11.1. The van der Waals surface area contributed by atoms with Crippen molar-refractivity contribution in [3.05, 3.63) is 52.7 Å². The number of furan rings is 1. The predicted octanol–water partition coefficient (Wildman–Crippen LogP) is 1.83. The molecule has 0 aliphatic rings. The second kappa shape index (κ2) is 10.0. The van der Waals surface area contributed by atoms with E-state index in [1.54, 1.807) is 12.1 Å². The van der Waals surface area contributed by atoms with Crippen molar-refractivity contribution >= 4 is 23.4 Å². The molecule has 164 valence electrons. The van der Waals surface area contributed by atoms with E-state index in [2.05, 4.69) is 31.3 Å². The van der Waals surface area contributed by atoms with Gasteiger partial charge in [-0.25, -0.2) is 0 Å². The zero-order valence-electron chi connectivity index (χ0n) is 17.3. The van der Waals surface area contributed by atoms with Gasteiger partial charge in [0.2, 0.25) is 0 Å². The molecule has 2 aromatic heterocycles. The number of methoxy groups -OCH3 is 1. The van der Waals surface area contributed by atoms with Crippen LogP contribution in [0.15, 0.2) is 35.0 Å². The number of hydrazine groups is 1. The van der Waals surface area contributed by atoms with E-state index < -0.39 is 11.8 Å². The van der Waals surface area contributed by atoms with Crippen molar-refractivity contribution in [3.8, 4) is 11.4 Å². The number of ether oxygens (including phenoxy) is 1. The smallest absolute Gasteiger partial charge is 0.305 e. The van der Waals surface area contributed by atoms with Gasteiger partial charge in [-0.1, -0.05) is 25.4 Å². The third kappa shape index (κ3) is 5.19. The van der Waals surface area contributed by atoms with E-state index in [-0.39, 0.29) is 22.1 Å². The van der Waals surface area contributed by atoms with Crippen LogP contribution in [0.3, 0.4) is 0 Å². The summed E-state index contributed by atoms with van der Waals surface area (Å²) in [5.74, 6) is -0.241. The van der Waals surface area contributed by atoms with Crippen LogP contribution in [-0.2, 0) is 6.54 Å². The van der Waals surface area contributed by atoms with E-state index in [4.69, 9.17) is 20.8 Å². The highest BCUT2D eigenvalue weighted by Gasteiger charge is 2.19. The number of aromatic nitrogens is 4. The Kier molecular flexibility index (Phi) is 7.21. The van der Waals surface area contributed by atoms with Gasteiger partial charge in [0.25, 0.3) is 5.91 Å². The number of carbonyl (C=O) groups excluding carboxylic acids is 2. The number of halogens is 1. The molecule has 3 aromatic rings. The Hall–Kier alpha value is -3.44. The molecule has 2 N–H and O–H groups in total. The average molecular weight is 448 g/mol. The van der Waals surface area contributed by atoms with Crippen molar-refractivity contribution in [3.63, 3.8) is 0 Å². The quantitative estimate of drug-likeness (QED) is 0.500. The van der Waals surface area contributed by atoms with Crippen LogP contribution in [0.2, 0.25) is 5.02 Å². The molecule has 0 aliphatic heterocycles. The average Bonchev–Trinajstić information content (AvgIpc) is 3.47. The minimum Gasteiger partial charge on any atom is -0.496 e. The Bertz CT molecular complexity index is 1050. The molecule has 2 amide bonds. The first-order valence-electron chi connectivity index (χ1n) is 9.49. The largest absolute Gasteiger partial charge is 0.496 e. The third-order valence-electron chi connectivity index (χ3n) is 4.56. The van der Waals surface area contributed by atoms with Gasteiger partial charge < -0.3 is 9.15 Å². The van der Waals surface area contributed by atoms with Crippen LogP contribution in [0.4, 0.5) is 0 Å². The molecule has 0 bridgehead atoms. The van der Waals surface area contributed by atoms with Crippen molar-refractivity contribution in [2.45, 2.75) is 20.4 Å². The molecule has 0 fully saturated rings. The van der Waals surface area contributed by atoms with Crippen LogP contribution in [0, 0.1) is 0 Å². The lowest BCUT2D eigenvalue weighted by Crippen LogP contribution is -2.41. The number of nitrogens with zero attached hydrogens (tertiary/aromatic N) is 5. The van der Waals surface area contributed by atoms with Gasteiger partial charge in [-0.3, -0.25) is 25.3 Å². The Morgan fingerprint density at radius 3 is 2.58 bits per heavy atom. The molecule has 0 saturated heterocycles. The summed E-state index contributed by atoms with van der Waals surface area (Å²) in [6.07, 6.45) is 1.36. The van der Waals surface area contributed by atoms with E-state index in [1.807, 2.05) is 13.8 Å². The molecule has 0 saturated carbocycles. The number of hydrogen-bond donors (Lipinski definition) is 2. The first-order valence-corrected chi connectivity index (χ1v) is 9.87. The molecule has 31 heavy (non-hydrogen) atoms. The number of nitrogens with one attached hydrogen (secondary N) is 2. The second-order valence-corrected chi connectivity index (χ2v) is 6.80. The SMILES string of the molecule is CCN(CC)Cc1ccc(C(=O)NNC(=O)c2cc(Cl)c(-n3cnnn3)cc2OC)o1. The minimum atomic E-state index is -0.620. The maximum absolute atomic E-state index is 12.6. The standard InChI is InChI=1S/C19H22ClN7O4/c1-4-26(5-2)10-12-6-7-16(31-12)19(29)23-22-18(28)13-8-14(20)15(9-17(13)30-3)27-11-21-24-25-27/h6-9,11H,4-5,10H2,1-3H3,(H,22,28)(H,23,29). The number of hydrogen-bond acceptors (Lipinski definition) is 8. The van der Waals surface area contributed by atoms with Crippen molar-refractivity contribution in [1.29, 1.82) is 0 Å². The molecular weight excluding hydrogens is 426 g/mol. The summed E-state index contributed by atoms with van der Waals surface area (Å²) in [7, 11) is 1.40. The van der Waals surface area contributed by atoms with Crippen LogP contribution in [0.25, 0.3) is 5.69 Å². The lowest BCUT2D eigenvalue weighted by molar-refractivity contribution is 0.0827. The summed E-state index contributed by atoms with van der Waals surface area (Å²) >= 11 is 6.26. The fourth-order valence-corrected chi connectivity index (χ4v) is 3.08. The van der Waals surface area contributed by atoms with Gasteiger partial charge in [0.15, 0.2) is 5.76 Å². The Labute approximate surface area is 183 Å². The Morgan fingerprint density at radius 2 is 1.94 bits per heavy atom. The summed E-state index contributed by atoms with van der Waals surface area (Å²) < 4.78 is 12.2. The lowest BCUT2D eigenvalue weighted by atomic mass is 10.1. The molecule has 0 unspecified atom stereocenters. The number of amides is 2. The first kappa shape index (κ1) is 22.2. The fourth-order valence-electron chi connectivity index (χ4n) is 2.83. The summed E-state index contributed by atoms with van der Waals surface area (Å²) in [5.41, 5.74) is 5.20. The Balaban J connectivity index is 1.67. The van der Waals surface area contributed by atoms with Crippen LogP contribution in [0.5, 0.6) is 5.75 Å². The Morgan fingerprint density at radius 1 is 1.19 bits per heavy atom. The highest BCUT2D eigenvalue weighted by Crippen LogP contribution is 2.29. The number of carbonyl (C=O) groups is 2. The minimum absolute atomic E-state index is 0.0847. The fraction of sp³-hybridized carbons (Fsp3) is 0.316. The number of rotatable bonds is 8. The topological polar surface area (TPSA) is 127 Å². The van der Waals surface area contributed by atoms with Crippen LogP contribution < -0.4 is 15.6 Å². The van der Waals surface area contributed by atoms with Gasteiger partial charge in [-0.2, -0.15) is 4.68 Å². The molecule has 0 atom stereocenters. The molecule has 3 rings (SSSR count). The maximum Gasteiger partial charge on any atom is 0.305 e. The monoisotopic (exact) mass is 447 g/mol. The molecule has 2 heterocycles. The van der Waals surface area contributed by atoms with Gasteiger partial charge in [0.1, 0.15) is 17.8 Å². The summed E-state index contributed by atoms with van der Waals surface area (Å²) in [6.45, 7) is 6.42. The zero-order chi connectivity index (χ0) is 22.4. The third-order valence-corrected chi connectivity index (χ3v) is 4.86. The van der Waals surface area contributed by atoms with Crippen molar-refractivity contribution in [2.75, 3.05) is 20.2 Å². The van der Waals surface area contributed by atoms with E-state index in [0.717, 1.165) is 13.1 Å². The lowest BCUT2D eigenvalue weighted by Gasteiger charge is -2.15. The molecule has 0 aliphatic carbocycles.